The Morgan fingerprint density at radius 2 is 2.57 bits per heavy atom. The van der Waals surface area contributed by atoms with E-state index in [1.807, 2.05) is 0 Å². The van der Waals surface area contributed by atoms with Gasteiger partial charge in [-0.05, 0) is 12.7 Å². The van der Waals surface area contributed by atoms with Crippen molar-refractivity contribution in [2.24, 2.45) is 5.73 Å². The highest BCUT2D eigenvalue weighted by Crippen LogP contribution is 2.33. The third kappa shape index (κ3) is 1.37. The Labute approximate surface area is 45.2 Å². The molecule has 1 aliphatic heterocycles. The van der Waals surface area contributed by atoms with Gasteiger partial charge in [-0.2, -0.15) is 0 Å². The lowest BCUT2D eigenvalue weighted by molar-refractivity contribution is 0.884. The van der Waals surface area contributed by atoms with E-state index in [0.29, 0.717) is 0 Å². The molecule has 0 aromatic heterocycles. The largest absolute Gasteiger partial charge is 0.327 e. The molecule has 1 atom stereocenters. The normalized spacial score (nSPS) is 31.3. The van der Waals surface area contributed by atoms with Crippen molar-refractivity contribution in [2.75, 3.05) is 25.3 Å². The Morgan fingerprint density at radius 1 is 1.71 bits per heavy atom. The fourth-order valence-electron chi connectivity index (χ4n) is 0.709. The smallest absolute Gasteiger partial charge is 0.0167 e. The lowest BCUT2D eigenvalue weighted by Crippen LogP contribution is -2.05. The molecule has 2 nitrogen and oxygen atoms in total. The summed E-state index contributed by atoms with van der Waals surface area (Å²) in [7, 11) is 0.224. The minimum atomic E-state index is 0.224. The Hall–Kier alpha value is 0.350. The van der Waals surface area contributed by atoms with Gasteiger partial charge >= 0.3 is 0 Å². The Morgan fingerprint density at radius 3 is 2.86 bits per heavy atom. The first-order valence-electron chi connectivity index (χ1n) is 2.56. The molecule has 0 amide bonds. The highest BCUT2D eigenvalue weighted by atomic mass is 31.1. The Balaban J connectivity index is 2.14. The minimum absolute atomic E-state index is 0.224. The molecular weight excluding hydrogens is 107 g/mol. The maximum absolute atomic E-state index is 5.42. The van der Waals surface area contributed by atoms with Gasteiger partial charge in [0.15, 0.2) is 0 Å². The SMILES string of the molecule is NCP1CCNC1. The first-order chi connectivity index (χ1) is 3.43. The van der Waals surface area contributed by atoms with Gasteiger partial charge in [-0.25, -0.2) is 0 Å². The highest BCUT2D eigenvalue weighted by molar-refractivity contribution is 7.57. The van der Waals surface area contributed by atoms with Crippen LogP contribution in [0.15, 0.2) is 0 Å². The van der Waals surface area contributed by atoms with Crippen LogP contribution >= 0.6 is 7.92 Å². The van der Waals surface area contributed by atoms with Gasteiger partial charge in [0.1, 0.15) is 0 Å². The molecule has 1 heterocycles. The molecule has 7 heavy (non-hydrogen) atoms. The molecule has 0 aromatic rings. The predicted molar refractivity (Wildman–Crippen MR) is 33.7 cm³/mol. The molecule has 0 bridgehead atoms. The van der Waals surface area contributed by atoms with E-state index in [0.717, 1.165) is 6.29 Å². The number of hydrogen-bond acceptors (Lipinski definition) is 2. The lowest BCUT2D eigenvalue weighted by atomic mass is 10.8. The monoisotopic (exact) mass is 118 g/mol. The van der Waals surface area contributed by atoms with Gasteiger partial charge in [0.2, 0.25) is 0 Å². The molecule has 42 valence electrons. The molecule has 0 aliphatic carbocycles. The zero-order valence-electron chi connectivity index (χ0n) is 4.35. The van der Waals surface area contributed by atoms with Gasteiger partial charge in [0.25, 0.3) is 0 Å². The molecule has 1 aliphatic rings. The maximum Gasteiger partial charge on any atom is 0.0167 e. The van der Waals surface area contributed by atoms with Crippen LogP contribution in [0.2, 0.25) is 0 Å². The summed E-state index contributed by atoms with van der Waals surface area (Å²) >= 11 is 0. The molecule has 3 heteroatoms. The summed E-state index contributed by atoms with van der Waals surface area (Å²) in [6.45, 7) is 1.20. The zero-order valence-corrected chi connectivity index (χ0v) is 5.25. The quantitative estimate of drug-likeness (QED) is 0.473. The van der Waals surface area contributed by atoms with Gasteiger partial charge in [-0.3, -0.25) is 0 Å². The summed E-state index contributed by atoms with van der Waals surface area (Å²) in [6.07, 6.45) is 3.46. The second kappa shape index (κ2) is 2.61. The summed E-state index contributed by atoms with van der Waals surface area (Å²) in [5, 5.41) is 3.27. The summed E-state index contributed by atoms with van der Waals surface area (Å²) in [6, 6.07) is 0. The Kier molecular flexibility index (Phi) is 2.04. The van der Waals surface area contributed by atoms with Crippen LogP contribution in [0.5, 0.6) is 0 Å². The van der Waals surface area contributed by atoms with Crippen molar-refractivity contribution >= 4 is 7.92 Å². The fraction of sp³-hybridized carbons (Fsp3) is 1.00. The van der Waals surface area contributed by atoms with E-state index in [9.17, 15) is 0 Å². The molecular formula is C4H11N2P. The molecule has 1 fully saturated rings. The van der Waals surface area contributed by atoms with Crippen molar-refractivity contribution in [3.8, 4) is 0 Å². The molecule has 3 N–H and O–H groups in total. The number of hydrogen-bond donors (Lipinski definition) is 2. The molecule has 0 saturated carbocycles. The van der Waals surface area contributed by atoms with E-state index >= 15 is 0 Å². The molecule has 0 spiro atoms. The van der Waals surface area contributed by atoms with E-state index in [-0.39, 0.29) is 7.92 Å². The van der Waals surface area contributed by atoms with Crippen LogP contribution in [0.4, 0.5) is 0 Å². The van der Waals surface area contributed by atoms with Crippen molar-refractivity contribution < 1.29 is 0 Å². The fourth-order valence-corrected chi connectivity index (χ4v) is 2.13. The van der Waals surface area contributed by atoms with Crippen molar-refractivity contribution in [3.63, 3.8) is 0 Å². The summed E-state index contributed by atoms with van der Waals surface area (Å²) < 4.78 is 0. The van der Waals surface area contributed by atoms with Gasteiger partial charge in [0.05, 0.1) is 0 Å². The zero-order chi connectivity index (χ0) is 5.11. The third-order valence-electron chi connectivity index (χ3n) is 1.20. The summed E-state index contributed by atoms with van der Waals surface area (Å²) in [5.74, 6) is 0. The van der Waals surface area contributed by atoms with Crippen molar-refractivity contribution in [3.05, 3.63) is 0 Å². The molecule has 1 unspecified atom stereocenters. The summed E-state index contributed by atoms with van der Waals surface area (Å²) in [5.41, 5.74) is 5.42. The van der Waals surface area contributed by atoms with E-state index in [1.165, 1.54) is 19.0 Å². The van der Waals surface area contributed by atoms with Crippen LogP contribution < -0.4 is 11.1 Å². The van der Waals surface area contributed by atoms with Crippen molar-refractivity contribution in [1.82, 2.24) is 5.32 Å². The third-order valence-corrected chi connectivity index (χ3v) is 3.24. The van der Waals surface area contributed by atoms with Crippen LogP contribution in [-0.2, 0) is 0 Å². The second-order valence-electron chi connectivity index (χ2n) is 1.74. The summed E-state index contributed by atoms with van der Waals surface area (Å²) in [4.78, 5) is 0. The van der Waals surface area contributed by atoms with Gasteiger partial charge < -0.3 is 11.1 Å². The van der Waals surface area contributed by atoms with Crippen LogP contribution in [0, 0.1) is 0 Å². The van der Waals surface area contributed by atoms with Crippen LogP contribution in [0.3, 0.4) is 0 Å². The maximum atomic E-state index is 5.42. The van der Waals surface area contributed by atoms with Crippen molar-refractivity contribution in [2.45, 2.75) is 0 Å². The van der Waals surface area contributed by atoms with Crippen LogP contribution in [0.1, 0.15) is 0 Å². The van der Waals surface area contributed by atoms with Gasteiger partial charge in [0, 0.05) is 12.6 Å². The number of rotatable bonds is 1. The second-order valence-corrected chi connectivity index (χ2v) is 4.21. The lowest BCUT2D eigenvalue weighted by Gasteiger charge is -2.00. The molecule has 0 aromatic carbocycles. The van der Waals surface area contributed by atoms with E-state index in [1.54, 1.807) is 0 Å². The average Bonchev–Trinajstić information content (AvgIpc) is 2.14. The van der Waals surface area contributed by atoms with Crippen LogP contribution in [-0.4, -0.2) is 25.3 Å². The average molecular weight is 118 g/mol. The predicted octanol–water partition coefficient (Wildman–Crippen LogP) is -0.0548. The minimum Gasteiger partial charge on any atom is -0.327 e. The molecule has 1 rings (SSSR count). The topological polar surface area (TPSA) is 38.0 Å². The van der Waals surface area contributed by atoms with Crippen LogP contribution in [0.25, 0.3) is 0 Å². The first kappa shape index (κ1) is 5.49. The van der Waals surface area contributed by atoms with E-state index in [4.69, 9.17) is 5.73 Å². The van der Waals surface area contributed by atoms with Gasteiger partial charge in [-0.15, -0.1) is 0 Å². The van der Waals surface area contributed by atoms with E-state index < -0.39 is 0 Å². The molecule has 0 radical (unpaired) electrons. The van der Waals surface area contributed by atoms with Gasteiger partial charge in [-0.1, -0.05) is 7.92 Å². The van der Waals surface area contributed by atoms with Crippen molar-refractivity contribution in [1.29, 1.82) is 0 Å². The highest BCUT2D eigenvalue weighted by Gasteiger charge is 2.09. The number of nitrogens with one attached hydrogen (secondary N) is 1. The Bertz CT molecular complexity index is 51.7. The standard InChI is InChI=1S/C4H11N2P/c5-3-7-2-1-6-4-7/h6H,1-5H2. The first-order valence-corrected chi connectivity index (χ1v) is 4.46. The number of nitrogens with two attached hydrogens (primary N) is 1. The molecule has 1 saturated heterocycles. The van der Waals surface area contributed by atoms with E-state index in [2.05, 4.69) is 5.32 Å².